The first-order valence-electron chi connectivity index (χ1n) is 8.11. The molecule has 8 heteroatoms. The summed E-state index contributed by atoms with van der Waals surface area (Å²) in [6.07, 6.45) is 6.65. The first-order valence-corrected chi connectivity index (χ1v) is 8.99. The Kier molecular flexibility index (Phi) is 9.92. The molecule has 0 saturated heterocycles. The van der Waals surface area contributed by atoms with E-state index in [0.717, 1.165) is 42.7 Å². The lowest BCUT2D eigenvalue weighted by Crippen LogP contribution is -2.38. The molecule has 0 aliphatic carbocycles. The Morgan fingerprint density at radius 3 is 2.83 bits per heavy atom. The lowest BCUT2D eigenvalue weighted by atomic mass is 10.2. The Bertz CT molecular complexity index is 593. The van der Waals surface area contributed by atoms with Gasteiger partial charge in [-0.1, -0.05) is 13.8 Å². The molecule has 2 aromatic heterocycles. The summed E-state index contributed by atoms with van der Waals surface area (Å²) in [6, 6.07) is 0. The molecule has 2 heterocycles. The van der Waals surface area contributed by atoms with Crippen molar-refractivity contribution >= 4 is 41.3 Å². The molecule has 0 radical (unpaired) electrons. The quantitative estimate of drug-likeness (QED) is 0.274. The Balaban J connectivity index is 0.00000288. The second kappa shape index (κ2) is 11.4. The van der Waals surface area contributed by atoms with Gasteiger partial charge in [-0.25, -0.2) is 15.0 Å². The van der Waals surface area contributed by atoms with E-state index < -0.39 is 0 Å². The van der Waals surface area contributed by atoms with Crippen LogP contribution in [0.3, 0.4) is 0 Å². The fourth-order valence-electron chi connectivity index (χ4n) is 2.04. The molecule has 0 aromatic carbocycles. The number of halogens is 1. The maximum absolute atomic E-state index is 4.62. The Labute approximate surface area is 165 Å². The molecule has 24 heavy (non-hydrogen) atoms. The van der Waals surface area contributed by atoms with E-state index in [2.05, 4.69) is 56.3 Å². The minimum Gasteiger partial charge on any atom is -0.357 e. The number of aliphatic imine (C=N–C) groups is 1. The maximum atomic E-state index is 4.62. The van der Waals surface area contributed by atoms with Crippen LogP contribution in [0.2, 0.25) is 0 Å². The molecule has 6 nitrogen and oxygen atoms in total. The summed E-state index contributed by atoms with van der Waals surface area (Å²) in [5.41, 5.74) is 1.15. The zero-order valence-electron chi connectivity index (χ0n) is 14.5. The molecule has 0 amide bonds. The van der Waals surface area contributed by atoms with Crippen LogP contribution < -0.4 is 10.6 Å². The number of nitrogens with zero attached hydrogens (tertiary/aromatic N) is 4. The van der Waals surface area contributed by atoms with Crippen molar-refractivity contribution in [3.8, 4) is 0 Å². The molecule has 0 fully saturated rings. The minimum absolute atomic E-state index is 0. The molecule has 0 bridgehead atoms. The fraction of sp³-hybridized carbons (Fsp3) is 0.562. The largest absolute Gasteiger partial charge is 0.357 e. The standard InChI is InChI=1S/C16H26N6S.HI/c1-4-18-16(19-6-5-8-22-9-7-17-12-22)20-10-15-21-14(11-23-15)13(2)3;/h7,9,11-13H,4-6,8,10H2,1-3H3,(H2,18,19,20);1H. The van der Waals surface area contributed by atoms with Crippen LogP contribution in [0.15, 0.2) is 29.1 Å². The summed E-state index contributed by atoms with van der Waals surface area (Å²) < 4.78 is 2.08. The van der Waals surface area contributed by atoms with E-state index in [1.807, 2.05) is 12.5 Å². The van der Waals surface area contributed by atoms with Crippen LogP contribution in [0.4, 0.5) is 0 Å². The van der Waals surface area contributed by atoms with Gasteiger partial charge < -0.3 is 15.2 Å². The van der Waals surface area contributed by atoms with E-state index in [1.165, 1.54) is 0 Å². The van der Waals surface area contributed by atoms with Crippen LogP contribution in [0, 0.1) is 0 Å². The highest BCUT2D eigenvalue weighted by Gasteiger charge is 2.05. The zero-order valence-corrected chi connectivity index (χ0v) is 17.7. The zero-order chi connectivity index (χ0) is 16.5. The Hall–Kier alpha value is -1.16. The molecule has 0 aliphatic heterocycles. The van der Waals surface area contributed by atoms with Crippen molar-refractivity contribution < 1.29 is 0 Å². The maximum Gasteiger partial charge on any atom is 0.191 e. The Morgan fingerprint density at radius 1 is 1.38 bits per heavy atom. The molecule has 2 aromatic rings. The number of guanidine groups is 1. The first kappa shape index (κ1) is 20.9. The third kappa shape index (κ3) is 7.16. The van der Waals surface area contributed by atoms with Crippen molar-refractivity contribution in [3.63, 3.8) is 0 Å². The van der Waals surface area contributed by atoms with Gasteiger partial charge in [0.1, 0.15) is 5.01 Å². The molecular weight excluding hydrogens is 435 g/mol. The number of hydrogen-bond acceptors (Lipinski definition) is 4. The van der Waals surface area contributed by atoms with Gasteiger partial charge in [-0.3, -0.25) is 0 Å². The van der Waals surface area contributed by atoms with Crippen LogP contribution in [0.25, 0.3) is 0 Å². The topological polar surface area (TPSA) is 67.1 Å². The van der Waals surface area contributed by atoms with Crippen LogP contribution in [-0.4, -0.2) is 33.6 Å². The van der Waals surface area contributed by atoms with Crippen molar-refractivity contribution in [1.82, 2.24) is 25.2 Å². The third-order valence-corrected chi connectivity index (χ3v) is 4.17. The molecule has 0 spiro atoms. The highest BCUT2D eigenvalue weighted by Crippen LogP contribution is 2.18. The number of nitrogens with one attached hydrogen (secondary N) is 2. The summed E-state index contributed by atoms with van der Waals surface area (Å²) >= 11 is 1.68. The van der Waals surface area contributed by atoms with Gasteiger partial charge in [0, 0.05) is 37.4 Å². The van der Waals surface area contributed by atoms with Crippen LogP contribution in [-0.2, 0) is 13.1 Å². The fourth-order valence-corrected chi connectivity index (χ4v) is 2.92. The minimum atomic E-state index is 0. The SMILES string of the molecule is CCNC(=NCc1nc(C(C)C)cs1)NCCCn1ccnc1.I. The number of aromatic nitrogens is 3. The van der Waals surface area contributed by atoms with Crippen molar-refractivity contribution in [1.29, 1.82) is 0 Å². The molecule has 0 atom stereocenters. The molecule has 0 saturated carbocycles. The predicted molar refractivity (Wildman–Crippen MR) is 111 cm³/mol. The van der Waals surface area contributed by atoms with Gasteiger partial charge in [-0.05, 0) is 19.3 Å². The first-order chi connectivity index (χ1) is 11.2. The normalized spacial score (nSPS) is 11.4. The highest BCUT2D eigenvalue weighted by atomic mass is 127. The Morgan fingerprint density at radius 2 is 2.21 bits per heavy atom. The van der Waals surface area contributed by atoms with Crippen LogP contribution in [0.1, 0.15) is 43.8 Å². The molecule has 2 rings (SSSR count). The van der Waals surface area contributed by atoms with Crippen molar-refractivity contribution in [3.05, 3.63) is 34.8 Å². The van der Waals surface area contributed by atoms with Crippen molar-refractivity contribution in [2.75, 3.05) is 13.1 Å². The molecule has 2 N–H and O–H groups in total. The lowest BCUT2D eigenvalue weighted by Gasteiger charge is -2.11. The highest BCUT2D eigenvalue weighted by molar-refractivity contribution is 14.0. The van der Waals surface area contributed by atoms with Gasteiger partial charge in [0.05, 0.1) is 18.6 Å². The van der Waals surface area contributed by atoms with E-state index >= 15 is 0 Å². The van der Waals surface area contributed by atoms with Crippen molar-refractivity contribution in [2.45, 2.75) is 46.2 Å². The number of imidazole rings is 1. The van der Waals surface area contributed by atoms with E-state index in [9.17, 15) is 0 Å². The second-order valence-electron chi connectivity index (χ2n) is 5.60. The molecule has 0 aliphatic rings. The van der Waals surface area contributed by atoms with Gasteiger partial charge >= 0.3 is 0 Å². The van der Waals surface area contributed by atoms with E-state index in [0.29, 0.717) is 12.5 Å². The van der Waals surface area contributed by atoms with Gasteiger partial charge in [-0.2, -0.15) is 0 Å². The average Bonchev–Trinajstić information content (AvgIpc) is 3.20. The van der Waals surface area contributed by atoms with Crippen LogP contribution >= 0.6 is 35.3 Å². The van der Waals surface area contributed by atoms with Gasteiger partial charge in [-0.15, -0.1) is 35.3 Å². The number of hydrogen-bond donors (Lipinski definition) is 2. The molecular formula is C16H27IN6S. The third-order valence-electron chi connectivity index (χ3n) is 3.32. The summed E-state index contributed by atoms with van der Waals surface area (Å²) in [4.78, 5) is 13.3. The number of aryl methyl sites for hydroxylation is 1. The van der Waals surface area contributed by atoms with Gasteiger partial charge in [0.25, 0.3) is 0 Å². The smallest absolute Gasteiger partial charge is 0.191 e. The monoisotopic (exact) mass is 462 g/mol. The lowest BCUT2D eigenvalue weighted by molar-refractivity contribution is 0.624. The van der Waals surface area contributed by atoms with E-state index in [1.54, 1.807) is 17.5 Å². The molecule has 0 unspecified atom stereocenters. The predicted octanol–water partition coefficient (Wildman–Crippen LogP) is 3.23. The summed E-state index contributed by atoms with van der Waals surface area (Å²) in [5, 5.41) is 9.82. The summed E-state index contributed by atoms with van der Waals surface area (Å²) in [7, 11) is 0. The van der Waals surface area contributed by atoms with E-state index in [-0.39, 0.29) is 24.0 Å². The van der Waals surface area contributed by atoms with Crippen LogP contribution in [0.5, 0.6) is 0 Å². The second-order valence-corrected chi connectivity index (χ2v) is 6.54. The van der Waals surface area contributed by atoms with E-state index in [4.69, 9.17) is 0 Å². The van der Waals surface area contributed by atoms with Crippen molar-refractivity contribution in [2.24, 2.45) is 4.99 Å². The summed E-state index contributed by atoms with van der Waals surface area (Å²) in [5.74, 6) is 1.32. The summed E-state index contributed by atoms with van der Waals surface area (Å²) in [6.45, 7) is 9.69. The van der Waals surface area contributed by atoms with Gasteiger partial charge in [0.15, 0.2) is 5.96 Å². The number of rotatable bonds is 8. The number of thiazole rings is 1. The van der Waals surface area contributed by atoms with Gasteiger partial charge in [0.2, 0.25) is 0 Å². The average molecular weight is 462 g/mol. The molecule has 134 valence electrons.